The number of rotatable bonds is 6. The van der Waals surface area contributed by atoms with E-state index in [2.05, 4.69) is 5.32 Å². The number of quaternary nitrogens is 1. The highest BCUT2D eigenvalue weighted by Crippen LogP contribution is 2.15. The van der Waals surface area contributed by atoms with Crippen LogP contribution in [0, 0.1) is 0 Å². The van der Waals surface area contributed by atoms with Gasteiger partial charge in [-0.3, -0.25) is 9.59 Å². The van der Waals surface area contributed by atoms with Crippen molar-refractivity contribution in [1.82, 2.24) is 0 Å². The summed E-state index contributed by atoms with van der Waals surface area (Å²) < 4.78 is 0. The summed E-state index contributed by atoms with van der Waals surface area (Å²) in [5, 5.41) is 5.48. The quantitative estimate of drug-likeness (QED) is 0.747. The molecular formula is C18H21ClN3O2+. The standard InChI is InChI=1S/C18H20ClN3O2/c1-11(14-4-3-5-15(19)10-14)21-12(2)18(24)22-16-8-6-13(7-9-16)17(20)23/h3-12,21H,1-2H3,(H2,20,23)(H,22,24)/p+1/t11-,12+/m0/s1. The Morgan fingerprint density at radius 2 is 1.79 bits per heavy atom. The molecule has 2 rings (SSSR count). The molecule has 0 aliphatic heterocycles. The summed E-state index contributed by atoms with van der Waals surface area (Å²) in [6.07, 6.45) is 0. The number of hydrogen-bond acceptors (Lipinski definition) is 2. The van der Waals surface area contributed by atoms with Crippen LogP contribution >= 0.6 is 11.6 Å². The maximum absolute atomic E-state index is 12.3. The summed E-state index contributed by atoms with van der Waals surface area (Å²) >= 11 is 6.00. The summed E-state index contributed by atoms with van der Waals surface area (Å²) in [6, 6.07) is 13.9. The first-order chi connectivity index (χ1) is 11.4. The van der Waals surface area contributed by atoms with Crippen molar-refractivity contribution in [3.05, 3.63) is 64.7 Å². The molecule has 2 amide bonds. The van der Waals surface area contributed by atoms with Crippen molar-refractivity contribution < 1.29 is 14.9 Å². The molecule has 0 spiro atoms. The van der Waals surface area contributed by atoms with Crippen LogP contribution in [0.1, 0.15) is 35.8 Å². The third kappa shape index (κ3) is 4.81. The molecular weight excluding hydrogens is 326 g/mol. The molecule has 2 aromatic carbocycles. The van der Waals surface area contributed by atoms with Gasteiger partial charge in [-0.25, -0.2) is 0 Å². The van der Waals surface area contributed by atoms with Crippen LogP contribution in [0.4, 0.5) is 5.69 Å². The van der Waals surface area contributed by atoms with Gasteiger partial charge in [0.05, 0.1) is 0 Å². The number of halogens is 1. The predicted octanol–water partition coefficient (Wildman–Crippen LogP) is 2.09. The van der Waals surface area contributed by atoms with Crippen LogP contribution < -0.4 is 16.4 Å². The van der Waals surface area contributed by atoms with Crippen LogP contribution in [0.15, 0.2) is 48.5 Å². The summed E-state index contributed by atoms with van der Waals surface area (Å²) in [6.45, 7) is 3.87. The SMILES string of the molecule is C[C@H]([NH2+][C@H](C)C(=O)Nc1ccc(C(N)=O)cc1)c1cccc(Cl)c1. The molecule has 6 heteroatoms. The fourth-order valence-corrected chi connectivity index (χ4v) is 2.59. The summed E-state index contributed by atoms with van der Waals surface area (Å²) in [5.74, 6) is -0.611. The topological polar surface area (TPSA) is 88.8 Å². The van der Waals surface area contributed by atoms with Crippen LogP contribution in [-0.4, -0.2) is 17.9 Å². The van der Waals surface area contributed by atoms with Crippen molar-refractivity contribution in [3.63, 3.8) is 0 Å². The van der Waals surface area contributed by atoms with Gasteiger partial charge in [-0.05, 0) is 50.2 Å². The van der Waals surface area contributed by atoms with Crippen LogP contribution in [0.2, 0.25) is 5.02 Å². The van der Waals surface area contributed by atoms with Gasteiger partial charge in [0, 0.05) is 21.8 Å². The van der Waals surface area contributed by atoms with Crippen molar-refractivity contribution in [3.8, 4) is 0 Å². The second-order valence-corrected chi connectivity index (χ2v) is 6.19. The van der Waals surface area contributed by atoms with Crippen molar-refractivity contribution in [2.24, 2.45) is 5.73 Å². The first kappa shape index (κ1) is 18.0. The molecule has 0 aromatic heterocycles. The van der Waals surface area contributed by atoms with Crippen molar-refractivity contribution >= 4 is 29.1 Å². The molecule has 5 nitrogen and oxygen atoms in total. The lowest BCUT2D eigenvalue weighted by Gasteiger charge is -2.17. The lowest BCUT2D eigenvalue weighted by atomic mass is 10.1. The Morgan fingerprint density at radius 3 is 2.38 bits per heavy atom. The van der Waals surface area contributed by atoms with Crippen LogP contribution in [-0.2, 0) is 4.79 Å². The lowest BCUT2D eigenvalue weighted by molar-refractivity contribution is -0.709. The van der Waals surface area contributed by atoms with Crippen molar-refractivity contribution in [1.29, 1.82) is 0 Å². The van der Waals surface area contributed by atoms with Gasteiger partial charge in [-0.2, -0.15) is 0 Å². The van der Waals surface area contributed by atoms with E-state index in [4.69, 9.17) is 17.3 Å². The highest BCUT2D eigenvalue weighted by atomic mass is 35.5. The summed E-state index contributed by atoms with van der Waals surface area (Å²) in [7, 11) is 0. The second kappa shape index (κ2) is 7.95. The Morgan fingerprint density at radius 1 is 1.12 bits per heavy atom. The Kier molecular flexibility index (Phi) is 5.95. The van der Waals surface area contributed by atoms with Gasteiger partial charge in [-0.15, -0.1) is 0 Å². The molecule has 24 heavy (non-hydrogen) atoms. The molecule has 2 aromatic rings. The smallest absolute Gasteiger partial charge is 0.282 e. The third-order valence-corrected chi connectivity index (χ3v) is 4.04. The molecule has 0 heterocycles. The van der Waals surface area contributed by atoms with E-state index in [1.165, 1.54) is 0 Å². The fourth-order valence-electron chi connectivity index (χ4n) is 2.40. The van der Waals surface area contributed by atoms with Gasteiger partial charge in [-0.1, -0.05) is 23.7 Å². The molecule has 0 unspecified atom stereocenters. The minimum Gasteiger partial charge on any atom is -0.366 e. The fraction of sp³-hybridized carbons (Fsp3) is 0.222. The van der Waals surface area contributed by atoms with E-state index >= 15 is 0 Å². The number of anilines is 1. The van der Waals surface area contributed by atoms with Gasteiger partial charge >= 0.3 is 0 Å². The Labute approximate surface area is 146 Å². The van der Waals surface area contributed by atoms with Gasteiger partial charge in [0.15, 0.2) is 6.04 Å². The molecule has 0 aliphatic carbocycles. The molecule has 0 saturated carbocycles. The van der Waals surface area contributed by atoms with Crippen molar-refractivity contribution in [2.75, 3.05) is 5.32 Å². The summed E-state index contributed by atoms with van der Waals surface area (Å²) in [5.41, 5.74) is 7.29. The van der Waals surface area contributed by atoms with E-state index in [9.17, 15) is 9.59 Å². The van der Waals surface area contributed by atoms with Crippen LogP contribution in [0.3, 0.4) is 0 Å². The molecule has 126 valence electrons. The van der Waals surface area contributed by atoms with Gasteiger partial charge in [0.25, 0.3) is 5.91 Å². The molecule has 5 N–H and O–H groups in total. The number of carbonyl (C=O) groups is 2. The van der Waals surface area contributed by atoms with E-state index in [0.717, 1.165) is 5.56 Å². The largest absolute Gasteiger partial charge is 0.366 e. The number of nitrogens with one attached hydrogen (secondary N) is 1. The normalized spacial score (nSPS) is 13.1. The zero-order valence-corrected chi connectivity index (χ0v) is 14.4. The zero-order valence-electron chi connectivity index (χ0n) is 13.6. The number of hydrogen-bond donors (Lipinski definition) is 3. The average Bonchev–Trinajstić information content (AvgIpc) is 2.55. The number of amides is 2. The third-order valence-electron chi connectivity index (χ3n) is 3.80. The lowest BCUT2D eigenvalue weighted by Crippen LogP contribution is -2.91. The first-order valence-corrected chi connectivity index (χ1v) is 8.06. The molecule has 0 bridgehead atoms. The van der Waals surface area contributed by atoms with Gasteiger partial charge in [0.1, 0.15) is 6.04 Å². The zero-order chi connectivity index (χ0) is 17.7. The van der Waals surface area contributed by atoms with Gasteiger partial charge in [0.2, 0.25) is 5.91 Å². The Hall–Kier alpha value is -2.37. The molecule has 0 radical (unpaired) electrons. The Bertz CT molecular complexity index is 731. The van der Waals surface area contributed by atoms with E-state index < -0.39 is 5.91 Å². The minimum absolute atomic E-state index is 0.0988. The monoisotopic (exact) mass is 346 g/mol. The van der Waals surface area contributed by atoms with E-state index in [1.807, 2.05) is 43.4 Å². The first-order valence-electron chi connectivity index (χ1n) is 7.68. The van der Waals surface area contributed by atoms with E-state index in [1.54, 1.807) is 24.3 Å². The minimum atomic E-state index is -0.495. The molecule has 0 saturated heterocycles. The van der Waals surface area contributed by atoms with E-state index in [0.29, 0.717) is 16.3 Å². The molecule has 2 atom stereocenters. The summed E-state index contributed by atoms with van der Waals surface area (Å²) in [4.78, 5) is 23.3. The van der Waals surface area contributed by atoms with Crippen LogP contribution in [0.5, 0.6) is 0 Å². The predicted molar refractivity (Wildman–Crippen MR) is 94.8 cm³/mol. The molecule has 0 aliphatic rings. The van der Waals surface area contributed by atoms with Gasteiger partial charge < -0.3 is 16.4 Å². The maximum atomic E-state index is 12.3. The molecule has 0 fully saturated rings. The maximum Gasteiger partial charge on any atom is 0.282 e. The van der Waals surface area contributed by atoms with Crippen LogP contribution in [0.25, 0.3) is 0 Å². The number of carbonyl (C=O) groups excluding carboxylic acids is 2. The number of nitrogens with two attached hydrogens (primary N) is 2. The number of benzene rings is 2. The highest BCUT2D eigenvalue weighted by molar-refractivity contribution is 6.30. The van der Waals surface area contributed by atoms with Crippen molar-refractivity contribution in [2.45, 2.75) is 25.9 Å². The van der Waals surface area contributed by atoms with E-state index in [-0.39, 0.29) is 18.0 Å². The number of primary amides is 1. The Balaban J connectivity index is 1.95. The average molecular weight is 347 g/mol. The highest BCUT2D eigenvalue weighted by Gasteiger charge is 2.20. The second-order valence-electron chi connectivity index (χ2n) is 5.76.